The molecular formula is C11H22N2O2. The molecule has 1 fully saturated rings. The molecule has 0 saturated heterocycles. The predicted octanol–water partition coefficient (Wildman–Crippen LogP) is 0.393. The van der Waals surface area contributed by atoms with Gasteiger partial charge in [0.25, 0.3) is 0 Å². The topological polar surface area (TPSA) is 75.3 Å². The lowest BCUT2D eigenvalue weighted by molar-refractivity contribution is -0.133. The van der Waals surface area contributed by atoms with Crippen LogP contribution >= 0.6 is 0 Å². The van der Waals surface area contributed by atoms with Crippen LogP contribution in [0.1, 0.15) is 39.0 Å². The van der Waals surface area contributed by atoms with Crippen molar-refractivity contribution in [1.29, 1.82) is 0 Å². The Bertz CT molecular complexity index is 213. The summed E-state index contributed by atoms with van der Waals surface area (Å²) in [5, 5.41) is 11.7. The summed E-state index contributed by atoms with van der Waals surface area (Å²) in [6.45, 7) is 2.19. The zero-order chi connectivity index (χ0) is 11.3. The third-order valence-corrected chi connectivity index (χ3v) is 3.33. The molecule has 15 heavy (non-hydrogen) atoms. The second kappa shape index (κ2) is 5.47. The second-order valence-corrected chi connectivity index (χ2v) is 4.60. The van der Waals surface area contributed by atoms with Gasteiger partial charge in [0, 0.05) is 12.6 Å². The molecule has 1 rings (SSSR count). The molecule has 1 aliphatic rings. The monoisotopic (exact) mass is 214 g/mol. The number of nitrogens with one attached hydrogen (secondary N) is 1. The molecule has 1 unspecified atom stereocenters. The number of aliphatic hydroxyl groups excluding tert-OH is 1. The third kappa shape index (κ3) is 2.92. The van der Waals surface area contributed by atoms with E-state index in [0.717, 1.165) is 25.7 Å². The lowest BCUT2D eigenvalue weighted by Crippen LogP contribution is -2.50. The van der Waals surface area contributed by atoms with Gasteiger partial charge in [0.1, 0.15) is 0 Å². The van der Waals surface area contributed by atoms with Crippen LogP contribution < -0.4 is 11.1 Å². The quantitative estimate of drug-likeness (QED) is 0.634. The van der Waals surface area contributed by atoms with E-state index in [1.165, 1.54) is 6.42 Å². The molecule has 0 bridgehead atoms. The molecule has 0 aromatic rings. The lowest BCUT2D eigenvalue weighted by Gasteiger charge is -2.35. The van der Waals surface area contributed by atoms with Crippen molar-refractivity contribution in [2.24, 2.45) is 11.1 Å². The minimum absolute atomic E-state index is 0.0197. The molecule has 1 aliphatic carbocycles. The molecule has 4 nitrogen and oxygen atoms in total. The van der Waals surface area contributed by atoms with E-state index < -0.39 is 0 Å². The summed E-state index contributed by atoms with van der Waals surface area (Å²) in [5.41, 5.74) is 5.36. The van der Waals surface area contributed by atoms with Crippen molar-refractivity contribution in [3.8, 4) is 0 Å². The van der Waals surface area contributed by atoms with Crippen LogP contribution in [-0.2, 0) is 4.79 Å². The van der Waals surface area contributed by atoms with Crippen LogP contribution in [-0.4, -0.2) is 30.2 Å². The molecule has 0 aliphatic heterocycles. The zero-order valence-corrected chi connectivity index (χ0v) is 9.46. The highest BCUT2D eigenvalue weighted by Gasteiger charge is 2.38. The molecule has 88 valence electrons. The van der Waals surface area contributed by atoms with E-state index in [2.05, 4.69) is 5.32 Å². The first kappa shape index (κ1) is 12.5. The van der Waals surface area contributed by atoms with Gasteiger partial charge in [0.05, 0.1) is 12.0 Å². The number of aliphatic hydroxyl groups is 1. The number of carbonyl (C=O) groups excluding carboxylic acids is 1. The van der Waals surface area contributed by atoms with Crippen LogP contribution in [0.4, 0.5) is 0 Å². The van der Waals surface area contributed by atoms with E-state index in [9.17, 15) is 4.79 Å². The Labute approximate surface area is 91.2 Å². The van der Waals surface area contributed by atoms with Crippen molar-refractivity contribution in [2.75, 3.05) is 13.2 Å². The highest BCUT2D eigenvalue weighted by atomic mass is 16.3. The first-order chi connectivity index (χ1) is 7.14. The number of hydrogen-bond acceptors (Lipinski definition) is 3. The van der Waals surface area contributed by atoms with Crippen molar-refractivity contribution < 1.29 is 9.90 Å². The summed E-state index contributed by atoms with van der Waals surface area (Å²) in [6, 6.07) is -0.178. The summed E-state index contributed by atoms with van der Waals surface area (Å²) >= 11 is 0. The van der Waals surface area contributed by atoms with Gasteiger partial charge in [-0.05, 0) is 19.8 Å². The van der Waals surface area contributed by atoms with Crippen LogP contribution in [0.25, 0.3) is 0 Å². The summed E-state index contributed by atoms with van der Waals surface area (Å²) in [7, 11) is 0. The number of nitrogens with two attached hydrogens (primary N) is 1. The molecular weight excluding hydrogens is 192 g/mol. The molecule has 1 amide bonds. The van der Waals surface area contributed by atoms with Gasteiger partial charge in [-0.25, -0.2) is 0 Å². The van der Waals surface area contributed by atoms with Crippen molar-refractivity contribution >= 4 is 5.91 Å². The molecule has 4 N–H and O–H groups in total. The Morgan fingerprint density at radius 3 is 2.53 bits per heavy atom. The Morgan fingerprint density at radius 1 is 1.47 bits per heavy atom. The van der Waals surface area contributed by atoms with Crippen molar-refractivity contribution in [1.82, 2.24) is 5.32 Å². The fraction of sp³-hybridized carbons (Fsp3) is 0.909. The molecule has 0 aromatic heterocycles. The smallest absolute Gasteiger partial charge is 0.227 e. The van der Waals surface area contributed by atoms with Gasteiger partial charge in [0.2, 0.25) is 5.91 Å². The lowest BCUT2D eigenvalue weighted by atomic mass is 9.73. The Morgan fingerprint density at radius 2 is 2.07 bits per heavy atom. The number of rotatable bonds is 4. The van der Waals surface area contributed by atoms with Crippen molar-refractivity contribution in [3.63, 3.8) is 0 Å². The maximum Gasteiger partial charge on any atom is 0.227 e. The van der Waals surface area contributed by atoms with Crippen molar-refractivity contribution in [3.05, 3.63) is 0 Å². The van der Waals surface area contributed by atoms with Gasteiger partial charge in [-0.1, -0.05) is 19.3 Å². The molecule has 0 heterocycles. The molecule has 0 aromatic carbocycles. The Kier molecular flexibility index (Phi) is 4.54. The SMILES string of the molecule is CC(CO)NC(=O)C1(CN)CCCCC1. The average molecular weight is 214 g/mol. The van der Waals surface area contributed by atoms with Crippen LogP contribution in [0.15, 0.2) is 0 Å². The van der Waals surface area contributed by atoms with Crippen molar-refractivity contribution in [2.45, 2.75) is 45.1 Å². The van der Waals surface area contributed by atoms with E-state index in [-0.39, 0.29) is 24.0 Å². The van der Waals surface area contributed by atoms with E-state index in [0.29, 0.717) is 6.54 Å². The number of amides is 1. The fourth-order valence-corrected chi connectivity index (χ4v) is 2.17. The maximum atomic E-state index is 12.0. The Balaban J connectivity index is 2.59. The first-order valence-corrected chi connectivity index (χ1v) is 5.76. The third-order valence-electron chi connectivity index (χ3n) is 3.33. The summed E-state index contributed by atoms with van der Waals surface area (Å²) in [5.74, 6) is 0.0197. The van der Waals surface area contributed by atoms with E-state index >= 15 is 0 Å². The van der Waals surface area contributed by atoms with Gasteiger partial charge in [-0.2, -0.15) is 0 Å². The minimum Gasteiger partial charge on any atom is -0.394 e. The summed E-state index contributed by atoms with van der Waals surface area (Å²) < 4.78 is 0. The Hall–Kier alpha value is -0.610. The zero-order valence-electron chi connectivity index (χ0n) is 9.46. The van der Waals surface area contributed by atoms with E-state index in [1.54, 1.807) is 6.92 Å². The predicted molar refractivity (Wildman–Crippen MR) is 59.3 cm³/mol. The van der Waals surface area contributed by atoms with Gasteiger partial charge in [0.15, 0.2) is 0 Å². The average Bonchev–Trinajstić information content (AvgIpc) is 2.29. The second-order valence-electron chi connectivity index (χ2n) is 4.60. The largest absolute Gasteiger partial charge is 0.394 e. The number of hydrogen-bond donors (Lipinski definition) is 3. The van der Waals surface area contributed by atoms with E-state index in [4.69, 9.17) is 10.8 Å². The van der Waals surface area contributed by atoms with Crippen LogP contribution in [0.5, 0.6) is 0 Å². The van der Waals surface area contributed by atoms with Crippen LogP contribution in [0, 0.1) is 5.41 Å². The normalized spacial score (nSPS) is 22.1. The molecule has 0 spiro atoms. The number of carbonyl (C=O) groups is 1. The molecule has 4 heteroatoms. The summed E-state index contributed by atoms with van der Waals surface area (Å²) in [4.78, 5) is 12.0. The highest BCUT2D eigenvalue weighted by molar-refractivity contribution is 5.83. The van der Waals surface area contributed by atoms with E-state index in [1.807, 2.05) is 0 Å². The first-order valence-electron chi connectivity index (χ1n) is 5.76. The van der Waals surface area contributed by atoms with Gasteiger partial charge in [-0.3, -0.25) is 4.79 Å². The maximum absolute atomic E-state index is 12.0. The molecule has 1 saturated carbocycles. The van der Waals surface area contributed by atoms with Gasteiger partial charge < -0.3 is 16.2 Å². The van der Waals surface area contributed by atoms with Gasteiger partial charge in [-0.15, -0.1) is 0 Å². The van der Waals surface area contributed by atoms with Gasteiger partial charge >= 0.3 is 0 Å². The summed E-state index contributed by atoms with van der Waals surface area (Å²) in [6.07, 6.45) is 5.13. The van der Waals surface area contributed by atoms with Crippen LogP contribution in [0.2, 0.25) is 0 Å². The highest BCUT2D eigenvalue weighted by Crippen LogP contribution is 2.35. The minimum atomic E-state index is -0.373. The standard InChI is InChI=1S/C11H22N2O2/c1-9(7-14)13-10(15)11(8-12)5-3-2-4-6-11/h9,14H,2-8,12H2,1H3,(H,13,15). The van der Waals surface area contributed by atoms with Crippen LogP contribution in [0.3, 0.4) is 0 Å². The molecule has 1 atom stereocenters. The fourth-order valence-electron chi connectivity index (χ4n) is 2.17. The molecule has 0 radical (unpaired) electrons.